The van der Waals surface area contributed by atoms with Crippen LogP contribution in [0.1, 0.15) is 11.9 Å². The van der Waals surface area contributed by atoms with Gasteiger partial charge in [0.15, 0.2) is 5.75 Å². The molecular weight excluding hydrogens is 266 g/mol. The van der Waals surface area contributed by atoms with E-state index in [2.05, 4.69) is 4.98 Å². The molecule has 100 valence electrons. The van der Waals surface area contributed by atoms with Crippen LogP contribution in [0.25, 0.3) is 11.3 Å². The Morgan fingerprint density at radius 2 is 2.32 bits per heavy atom. The van der Waals surface area contributed by atoms with Crippen molar-refractivity contribution in [1.82, 2.24) is 4.98 Å². The molecule has 0 fully saturated rings. The predicted octanol–water partition coefficient (Wildman–Crippen LogP) is 2.58. The second kappa shape index (κ2) is 5.77. The van der Waals surface area contributed by atoms with Gasteiger partial charge in [-0.05, 0) is 19.1 Å². The first kappa shape index (κ1) is 13.4. The zero-order chi connectivity index (χ0) is 13.8. The smallest absolute Gasteiger partial charge is 0.311 e. The fourth-order valence-electron chi connectivity index (χ4n) is 1.63. The largest absolute Gasteiger partial charge is 0.487 e. The maximum atomic E-state index is 11.0. The summed E-state index contributed by atoms with van der Waals surface area (Å²) in [5.74, 6) is 0.269. The van der Waals surface area contributed by atoms with Crippen molar-refractivity contribution in [2.24, 2.45) is 5.73 Å². The molecule has 2 N–H and O–H groups in total. The van der Waals surface area contributed by atoms with Crippen LogP contribution in [0.5, 0.6) is 5.75 Å². The number of ether oxygens (including phenoxy) is 1. The number of benzene rings is 1. The Kier molecular flexibility index (Phi) is 4.08. The molecule has 0 amide bonds. The van der Waals surface area contributed by atoms with Gasteiger partial charge in [-0.2, -0.15) is 0 Å². The van der Waals surface area contributed by atoms with Gasteiger partial charge in [0.1, 0.15) is 5.01 Å². The van der Waals surface area contributed by atoms with Gasteiger partial charge in [-0.15, -0.1) is 11.3 Å². The summed E-state index contributed by atoms with van der Waals surface area (Å²) in [5.41, 5.74) is 6.83. The van der Waals surface area contributed by atoms with E-state index in [9.17, 15) is 10.1 Å². The highest BCUT2D eigenvalue weighted by Crippen LogP contribution is 2.32. The number of nitrogens with zero attached hydrogens (tertiary/aromatic N) is 2. The van der Waals surface area contributed by atoms with Crippen molar-refractivity contribution >= 4 is 17.0 Å². The number of hydrogen-bond donors (Lipinski definition) is 1. The lowest BCUT2D eigenvalue weighted by Gasteiger charge is -2.05. The number of nitro benzene ring substituents is 1. The third-order valence-corrected chi connectivity index (χ3v) is 3.35. The van der Waals surface area contributed by atoms with E-state index in [1.54, 1.807) is 19.1 Å². The number of rotatable bonds is 5. The fraction of sp³-hybridized carbons (Fsp3) is 0.250. The van der Waals surface area contributed by atoms with E-state index in [-0.39, 0.29) is 11.4 Å². The van der Waals surface area contributed by atoms with Gasteiger partial charge in [-0.1, -0.05) is 0 Å². The van der Waals surface area contributed by atoms with Crippen molar-refractivity contribution < 1.29 is 9.66 Å². The molecule has 2 aromatic rings. The second-order valence-electron chi connectivity index (χ2n) is 3.70. The molecule has 0 saturated heterocycles. The molecule has 0 bridgehead atoms. The molecule has 0 aliphatic rings. The summed E-state index contributed by atoms with van der Waals surface area (Å²) in [6.45, 7) is 2.53. The van der Waals surface area contributed by atoms with Crippen LogP contribution in [0, 0.1) is 10.1 Å². The van der Waals surface area contributed by atoms with E-state index in [4.69, 9.17) is 10.5 Å². The van der Waals surface area contributed by atoms with Crippen molar-refractivity contribution in [1.29, 1.82) is 0 Å². The second-order valence-corrected chi connectivity index (χ2v) is 4.65. The average molecular weight is 279 g/mol. The molecular formula is C12H13N3O3S. The summed E-state index contributed by atoms with van der Waals surface area (Å²) in [5, 5.41) is 13.7. The van der Waals surface area contributed by atoms with Crippen LogP contribution in [0.2, 0.25) is 0 Å². The minimum Gasteiger partial charge on any atom is -0.487 e. The molecule has 2 rings (SSSR count). The highest BCUT2D eigenvalue weighted by molar-refractivity contribution is 7.09. The fourth-order valence-corrected chi connectivity index (χ4v) is 2.32. The minimum absolute atomic E-state index is 0.0540. The van der Waals surface area contributed by atoms with Crippen molar-refractivity contribution in [3.8, 4) is 17.0 Å². The lowest BCUT2D eigenvalue weighted by Crippen LogP contribution is -1.98. The molecule has 0 atom stereocenters. The molecule has 0 radical (unpaired) electrons. The van der Waals surface area contributed by atoms with E-state index < -0.39 is 4.92 Å². The molecule has 1 aromatic heterocycles. The Morgan fingerprint density at radius 3 is 2.89 bits per heavy atom. The normalized spacial score (nSPS) is 10.4. The Bertz CT molecular complexity index is 598. The Labute approximate surface area is 114 Å². The van der Waals surface area contributed by atoms with Gasteiger partial charge in [-0.25, -0.2) is 4.98 Å². The van der Waals surface area contributed by atoms with Gasteiger partial charge >= 0.3 is 5.69 Å². The van der Waals surface area contributed by atoms with Crippen LogP contribution >= 0.6 is 11.3 Å². The Hall–Kier alpha value is -1.99. The predicted molar refractivity (Wildman–Crippen MR) is 73.3 cm³/mol. The van der Waals surface area contributed by atoms with Crippen molar-refractivity contribution in [3.05, 3.63) is 38.7 Å². The number of aromatic nitrogens is 1. The topological polar surface area (TPSA) is 91.3 Å². The molecule has 0 spiro atoms. The van der Waals surface area contributed by atoms with Gasteiger partial charge in [0.05, 0.1) is 17.2 Å². The van der Waals surface area contributed by atoms with Gasteiger partial charge in [-0.3, -0.25) is 10.1 Å². The summed E-state index contributed by atoms with van der Waals surface area (Å²) >= 11 is 1.44. The van der Waals surface area contributed by atoms with Crippen LogP contribution in [0.15, 0.2) is 23.6 Å². The third kappa shape index (κ3) is 2.88. The van der Waals surface area contributed by atoms with E-state index in [1.807, 2.05) is 5.38 Å². The summed E-state index contributed by atoms with van der Waals surface area (Å²) in [7, 11) is 0. The standard InChI is InChI=1S/C12H13N3O3S/c1-2-18-11-4-3-8(5-10(11)15(16)17)9-7-19-12(6-13)14-9/h3-5,7H,2,6,13H2,1H3. The quantitative estimate of drug-likeness (QED) is 0.671. The molecule has 19 heavy (non-hydrogen) atoms. The third-order valence-electron chi connectivity index (χ3n) is 2.48. The number of nitrogens with two attached hydrogens (primary N) is 1. The number of thiazole rings is 1. The van der Waals surface area contributed by atoms with Crippen LogP contribution in [-0.2, 0) is 6.54 Å². The average Bonchev–Trinajstić information content (AvgIpc) is 2.88. The van der Waals surface area contributed by atoms with Crippen LogP contribution in [-0.4, -0.2) is 16.5 Å². The monoisotopic (exact) mass is 279 g/mol. The maximum Gasteiger partial charge on any atom is 0.311 e. The molecule has 1 heterocycles. The molecule has 1 aromatic carbocycles. The van der Waals surface area contributed by atoms with Crippen LogP contribution < -0.4 is 10.5 Å². The first-order valence-corrected chi connectivity index (χ1v) is 6.59. The first-order chi connectivity index (χ1) is 9.15. The van der Waals surface area contributed by atoms with Crippen molar-refractivity contribution in [2.75, 3.05) is 6.61 Å². The zero-order valence-electron chi connectivity index (χ0n) is 10.3. The van der Waals surface area contributed by atoms with Gasteiger partial charge < -0.3 is 10.5 Å². The van der Waals surface area contributed by atoms with Crippen LogP contribution in [0.4, 0.5) is 5.69 Å². The summed E-state index contributed by atoms with van der Waals surface area (Å²) in [6, 6.07) is 4.83. The number of nitro groups is 1. The zero-order valence-corrected chi connectivity index (χ0v) is 11.1. The molecule has 7 heteroatoms. The van der Waals surface area contributed by atoms with Gasteiger partial charge in [0, 0.05) is 23.6 Å². The highest BCUT2D eigenvalue weighted by Gasteiger charge is 2.17. The summed E-state index contributed by atoms with van der Waals surface area (Å²) < 4.78 is 5.24. The Morgan fingerprint density at radius 1 is 1.53 bits per heavy atom. The first-order valence-electron chi connectivity index (χ1n) is 5.71. The van der Waals surface area contributed by atoms with Gasteiger partial charge in [0.25, 0.3) is 0 Å². The lowest BCUT2D eigenvalue weighted by molar-refractivity contribution is -0.385. The molecule has 0 saturated carbocycles. The van der Waals surface area contributed by atoms with E-state index >= 15 is 0 Å². The van der Waals surface area contributed by atoms with E-state index in [1.165, 1.54) is 17.4 Å². The highest BCUT2D eigenvalue weighted by atomic mass is 32.1. The molecule has 0 aliphatic carbocycles. The van der Waals surface area contributed by atoms with Crippen LogP contribution in [0.3, 0.4) is 0 Å². The Balaban J connectivity index is 2.42. The maximum absolute atomic E-state index is 11.0. The number of hydrogen-bond acceptors (Lipinski definition) is 6. The van der Waals surface area contributed by atoms with E-state index in [0.717, 1.165) is 5.01 Å². The SMILES string of the molecule is CCOc1ccc(-c2csc(CN)n2)cc1[N+](=O)[O-]. The summed E-state index contributed by atoms with van der Waals surface area (Å²) in [4.78, 5) is 14.9. The molecule has 0 unspecified atom stereocenters. The van der Waals surface area contributed by atoms with Crippen molar-refractivity contribution in [3.63, 3.8) is 0 Å². The lowest BCUT2D eigenvalue weighted by atomic mass is 10.1. The molecule has 0 aliphatic heterocycles. The van der Waals surface area contributed by atoms with Crippen molar-refractivity contribution in [2.45, 2.75) is 13.5 Å². The van der Waals surface area contributed by atoms with Gasteiger partial charge in [0.2, 0.25) is 0 Å². The minimum atomic E-state index is -0.454. The molecule has 6 nitrogen and oxygen atoms in total. The summed E-state index contributed by atoms with van der Waals surface area (Å²) in [6.07, 6.45) is 0. The van der Waals surface area contributed by atoms with E-state index in [0.29, 0.717) is 24.4 Å².